The smallest absolute Gasteiger partial charge is 0.409 e. The Bertz CT molecular complexity index is 253. The van der Waals surface area contributed by atoms with Gasteiger partial charge in [-0.2, -0.15) is 0 Å². The van der Waals surface area contributed by atoms with E-state index in [0.717, 1.165) is 0 Å². The third kappa shape index (κ3) is 1.47. The van der Waals surface area contributed by atoms with Gasteiger partial charge in [0, 0.05) is 13.1 Å². The Hall–Kier alpha value is -1.46. The van der Waals surface area contributed by atoms with Gasteiger partial charge in [-0.3, -0.25) is 0 Å². The minimum Gasteiger partial charge on any atom is -0.450 e. The highest BCUT2D eigenvalue weighted by atomic mass is 16.6. The van der Waals surface area contributed by atoms with Crippen molar-refractivity contribution in [3.63, 3.8) is 0 Å². The third-order valence-electron chi connectivity index (χ3n) is 2.48. The molecule has 78 valence electrons. The van der Waals surface area contributed by atoms with E-state index in [2.05, 4.69) is 10.6 Å². The molecule has 14 heavy (non-hydrogen) atoms. The summed E-state index contributed by atoms with van der Waals surface area (Å²) in [5.41, 5.74) is 0. The molecule has 2 rings (SSSR count). The van der Waals surface area contributed by atoms with Crippen LogP contribution in [-0.4, -0.2) is 48.8 Å². The van der Waals surface area contributed by atoms with Crippen LogP contribution in [0.4, 0.5) is 9.59 Å². The summed E-state index contributed by atoms with van der Waals surface area (Å²) in [4.78, 5) is 23.8. The van der Waals surface area contributed by atoms with Crippen LogP contribution in [0.2, 0.25) is 0 Å². The molecule has 0 aromatic rings. The van der Waals surface area contributed by atoms with Gasteiger partial charge in [-0.25, -0.2) is 9.59 Å². The summed E-state index contributed by atoms with van der Waals surface area (Å²) in [5.74, 6) is 0. The number of carbonyl (C=O) groups excluding carboxylic acids is 2. The quantitative estimate of drug-likeness (QED) is 0.598. The van der Waals surface area contributed by atoms with E-state index in [9.17, 15) is 9.59 Å². The first-order valence-corrected chi connectivity index (χ1v) is 4.69. The van der Waals surface area contributed by atoms with Crippen LogP contribution in [0.3, 0.4) is 0 Å². The van der Waals surface area contributed by atoms with Crippen molar-refractivity contribution in [2.45, 2.75) is 19.0 Å². The van der Waals surface area contributed by atoms with Crippen LogP contribution in [0.15, 0.2) is 0 Å². The molecule has 2 aliphatic rings. The van der Waals surface area contributed by atoms with Crippen molar-refractivity contribution in [2.24, 2.45) is 0 Å². The van der Waals surface area contributed by atoms with Crippen LogP contribution in [0, 0.1) is 0 Å². The van der Waals surface area contributed by atoms with Crippen LogP contribution < -0.4 is 10.6 Å². The van der Waals surface area contributed by atoms with Gasteiger partial charge in [0.1, 0.15) is 0 Å². The van der Waals surface area contributed by atoms with Gasteiger partial charge in [-0.05, 0) is 6.92 Å². The molecule has 2 aliphatic heterocycles. The fourth-order valence-corrected chi connectivity index (χ4v) is 1.84. The molecule has 0 aromatic carbocycles. The molecule has 6 heteroatoms. The minimum atomic E-state index is -0.307. The largest absolute Gasteiger partial charge is 0.450 e. The topological polar surface area (TPSA) is 70.7 Å². The minimum absolute atomic E-state index is 0.0342. The molecular weight excluding hydrogens is 186 g/mol. The highest BCUT2D eigenvalue weighted by Gasteiger charge is 2.41. The maximum Gasteiger partial charge on any atom is 0.409 e. The molecular formula is C8H13N3O3. The molecule has 6 nitrogen and oxygen atoms in total. The van der Waals surface area contributed by atoms with Crippen molar-refractivity contribution in [3.05, 3.63) is 0 Å². The van der Waals surface area contributed by atoms with Gasteiger partial charge in [0.05, 0.1) is 18.7 Å². The van der Waals surface area contributed by atoms with Crippen LogP contribution >= 0.6 is 0 Å². The molecule has 2 saturated heterocycles. The molecule has 2 heterocycles. The van der Waals surface area contributed by atoms with Crippen molar-refractivity contribution in [1.82, 2.24) is 15.5 Å². The number of carbonyl (C=O) groups is 2. The lowest BCUT2D eigenvalue weighted by Crippen LogP contribution is -2.37. The molecule has 3 amide bonds. The first kappa shape index (κ1) is 9.11. The summed E-state index contributed by atoms with van der Waals surface area (Å²) in [6, 6.07) is -0.0812. The monoisotopic (exact) mass is 199 g/mol. The van der Waals surface area contributed by atoms with Crippen LogP contribution in [-0.2, 0) is 4.74 Å². The van der Waals surface area contributed by atoms with E-state index < -0.39 is 0 Å². The molecule has 0 bridgehead atoms. The molecule has 0 radical (unpaired) electrons. The second-order valence-electron chi connectivity index (χ2n) is 3.43. The lowest BCUT2D eigenvalue weighted by atomic mass is 10.2. The zero-order chi connectivity index (χ0) is 10.1. The van der Waals surface area contributed by atoms with Gasteiger partial charge in [0.2, 0.25) is 0 Å². The third-order valence-corrected chi connectivity index (χ3v) is 2.48. The zero-order valence-electron chi connectivity index (χ0n) is 7.95. The highest BCUT2D eigenvalue weighted by molar-refractivity contribution is 5.78. The lowest BCUT2D eigenvalue weighted by molar-refractivity contribution is 0.114. The van der Waals surface area contributed by atoms with Gasteiger partial charge >= 0.3 is 12.1 Å². The summed E-state index contributed by atoms with van der Waals surface area (Å²) in [6.07, 6.45) is -0.307. The Morgan fingerprint density at radius 3 is 2.57 bits per heavy atom. The number of likely N-dealkylation sites (tertiary alicyclic amines) is 1. The second kappa shape index (κ2) is 3.36. The zero-order valence-corrected chi connectivity index (χ0v) is 7.95. The Morgan fingerprint density at radius 1 is 1.50 bits per heavy atom. The SMILES string of the molecule is CCOC(=O)N1CC2NC(=O)NC2C1. The summed E-state index contributed by atoms with van der Waals surface area (Å²) in [5, 5.41) is 5.49. The van der Waals surface area contributed by atoms with Crippen LogP contribution in [0.1, 0.15) is 6.92 Å². The van der Waals surface area contributed by atoms with E-state index in [1.165, 1.54) is 0 Å². The number of urea groups is 1. The average molecular weight is 199 g/mol. The van der Waals surface area contributed by atoms with Gasteiger partial charge in [-0.1, -0.05) is 0 Å². The summed E-state index contributed by atoms with van der Waals surface area (Å²) in [6.45, 7) is 3.21. The fraction of sp³-hybridized carbons (Fsp3) is 0.750. The van der Waals surface area contributed by atoms with E-state index in [1.807, 2.05) is 0 Å². The first-order chi connectivity index (χ1) is 6.70. The molecule has 2 fully saturated rings. The summed E-state index contributed by atoms with van der Waals surface area (Å²) >= 11 is 0. The highest BCUT2D eigenvalue weighted by Crippen LogP contribution is 2.14. The number of fused-ring (bicyclic) bond motifs is 1. The van der Waals surface area contributed by atoms with Crippen molar-refractivity contribution in [2.75, 3.05) is 19.7 Å². The van der Waals surface area contributed by atoms with Crippen molar-refractivity contribution >= 4 is 12.1 Å². The number of amides is 3. The van der Waals surface area contributed by atoms with Gasteiger partial charge in [-0.15, -0.1) is 0 Å². The number of rotatable bonds is 1. The van der Waals surface area contributed by atoms with E-state index in [4.69, 9.17) is 4.74 Å². The molecule has 2 atom stereocenters. The first-order valence-electron chi connectivity index (χ1n) is 4.69. The molecule has 0 saturated carbocycles. The van der Waals surface area contributed by atoms with E-state index in [0.29, 0.717) is 19.7 Å². The molecule has 2 N–H and O–H groups in total. The van der Waals surface area contributed by atoms with Crippen molar-refractivity contribution in [3.8, 4) is 0 Å². The fourth-order valence-electron chi connectivity index (χ4n) is 1.84. The van der Waals surface area contributed by atoms with E-state index >= 15 is 0 Å². The van der Waals surface area contributed by atoms with Gasteiger partial charge < -0.3 is 20.3 Å². The van der Waals surface area contributed by atoms with Crippen molar-refractivity contribution < 1.29 is 14.3 Å². The predicted molar refractivity (Wildman–Crippen MR) is 47.8 cm³/mol. The standard InChI is InChI=1S/C8H13N3O3/c1-2-14-8(13)11-3-5-6(4-11)10-7(12)9-5/h5-6H,2-4H2,1H3,(H2,9,10,12). The van der Waals surface area contributed by atoms with Crippen LogP contribution in [0.5, 0.6) is 0 Å². The molecule has 0 aromatic heterocycles. The Kier molecular flexibility index (Phi) is 2.18. The van der Waals surface area contributed by atoms with Gasteiger partial charge in [0.15, 0.2) is 0 Å². The van der Waals surface area contributed by atoms with Crippen LogP contribution in [0.25, 0.3) is 0 Å². The molecule has 2 unspecified atom stereocenters. The van der Waals surface area contributed by atoms with E-state index in [1.54, 1.807) is 11.8 Å². The summed E-state index contributed by atoms with van der Waals surface area (Å²) in [7, 11) is 0. The van der Waals surface area contributed by atoms with Crippen molar-refractivity contribution in [1.29, 1.82) is 0 Å². The van der Waals surface area contributed by atoms with Gasteiger partial charge in [0.25, 0.3) is 0 Å². The maximum atomic E-state index is 11.3. The predicted octanol–water partition coefficient (Wildman–Crippen LogP) is -0.491. The molecule has 0 aliphatic carbocycles. The number of nitrogens with one attached hydrogen (secondary N) is 2. The average Bonchev–Trinajstić information content (AvgIpc) is 2.61. The lowest BCUT2D eigenvalue weighted by Gasteiger charge is -2.15. The molecule has 0 spiro atoms. The Morgan fingerprint density at radius 2 is 2.07 bits per heavy atom. The maximum absolute atomic E-state index is 11.3. The normalized spacial score (nSPS) is 29.5. The number of ether oxygens (including phenoxy) is 1. The second-order valence-corrected chi connectivity index (χ2v) is 3.43. The number of hydrogen-bond acceptors (Lipinski definition) is 3. The number of hydrogen-bond donors (Lipinski definition) is 2. The van der Waals surface area contributed by atoms with E-state index in [-0.39, 0.29) is 24.2 Å². The summed E-state index contributed by atoms with van der Waals surface area (Å²) < 4.78 is 4.86. The Balaban J connectivity index is 1.91. The Labute approximate surface area is 81.6 Å². The number of nitrogens with zero attached hydrogens (tertiary/aromatic N) is 1.